The van der Waals surface area contributed by atoms with Crippen molar-refractivity contribution >= 4 is 24.0 Å². The summed E-state index contributed by atoms with van der Waals surface area (Å²) in [4.78, 5) is 12.3. The zero-order valence-corrected chi connectivity index (χ0v) is 13.3. The second-order valence-corrected chi connectivity index (χ2v) is 5.39. The third-order valence-electron chi connectivity index (χ3n) is 4.16. The highest BCUT2D eigenvalue weighted by molar-refractivity contribution is 5.93. The zero-order valence-electron chi connectivity index (χ0n) is 12.5. The normalized spacial score (nSPS) is 15.9. The Hall–Kier alpha value is -1.06. The summed E-state index contributed by atoms with van der Waals surface area (Å²) in [7, 11) is 0. The number of benzene rings is 1. The molecule has 1 heterocycles. The molecule has 0 spiro atoms. The standard InChI is InChI=1S/C16H24N2O.ClH/c1-4-12-6-7-13(5-2)15(8-12)18-16(19)11(3)14-9-17-10-14;/h6-8,11,14,17H,4-5,9-10H2,1-3H3,(H,18,19);1H. The molecule has 2 rings (SSSR count). The third-order valence-corrected chi connectivity index (χ3v) is 4.16. The number of anilines is 1. The van der Waals surface area contributed by atoms with E-state index in [0.717, 1.165) is 31.6 Å². The summed E-state index contributed by atoms with van der Waals surface area (Å²) in [6.45, 7) is 8.20. The summed E-state index contributed by atoms with van der Waals surface area (Å²) in [5, 5.41) is 6.34. The molecule has 0 aromatic heterocycles. The molecule has 1 aromatic carbocycles. The Morgan fingerprint density at radius 2 is 2.05 bits per heavy atom. The van der Waals surface area contributed by atoms with E-state index in [1.807, 2.05) is 6.92 Å². The minimum absolute atomic E-state index is 0. The fourth-order valence-corrected chi connectivity index (χ4v) is 2.39. The Morgan fingerprint density at radius 3 is 2.55 bits per heavy atom. The number of nitrogens with one attached hydrogen (secondary N) is 2. The number of hydrogen-bond donors (Lipinski definition) is 2. The number of rotatable bonds is 5. The maximum absolute atomic E-state index is 12.3. The maximum Gasteiger partial charge on any atom is 0.227 e. The topological polar surface area (TPSA) is 41.1 Å². The molecule has 0 aliphatic carbocycles. The fraction of sp³-hybridized carbons (Fsp3) is 0.562. The van der Waals surface area contributed by atoms with Crippen LogP contribution in [0.3, 0.4) is 0 Å². The van der Waals surface area contributed by atoms with Crippen molar-refractivity contribution in [2.24, 2.45) is 11.8 Å². The van der Waals surface area contributed by atoms with Gasteiger partial charge in [-0.2, -0.15) is 0 Å². The summed E-state index contributed by atoms with van der Waals surface area (Å²) in [5.41, 5.74) is 3.47. The average Bonchev–Trinajstić information content (AvgIpc) is 2.36. The van der Waals surface area contributed by atoms with E-state index in [-0.39, 0.29) is 24.2 Å². The van der Waals surface area contributed by atoms with Crippen LogP contribution in [-0.4, -0.2) is 19.0 Å². The molecular formula is C16H25ClN2O. The summed E-state index contributed by atoms with van der Waals surface area (Å²) >= 11 is 0. The molecule has 0 bridgehead atoms. The molecule has 1 aromatic rings. The summed E-state index contributed by atoms with van der Waals surface area (Å²) in [6.07, 6.45) is 1.94. The first-order chi connectivity index (χ1) is 9.15. The zero-order chi connectivity index (χ0) is 13.8. The summed E-state index contributed by atoms with van der Waals surface area (Å²) in [6, 6.07) is 6.39. The van der Waals surface area contributed by atoms with Crippen molar-refractivity contribution in [3.05, 3.63) is 29.3 Å². The van der Waals surface area contributed by atoms with Crippen molar-refractivity contribution in [2.45, 2.75) is 33.6 Å². The van der Waals surface area contributed by atoms with Gasteiger partial charge in [-0.1, -0.05) is 32.9 Å². The molecule has 1 fully saturated rings. The second kappa shape index (κ2) is 7.65. The van der Waals surface area contributed by atoms with Gasteiger partial charge >= 0.3 is 0 Å². The van der Waals surface area contributed by atoms with Gasteiger partial charge in [0, 0.05) is 11.6 Å². The highest BCUT2D eigenvalue weighted by Crippen LogP contribution is 2.22. The summed E-state index contributed by atoms with van der Waals surface area (Å²) < 4.78 is 0. The van der Waals surface area contributed by atoms with E-state index in [4.69, 9.17) is 0 Å². The SMILES string of the molecule is CCc1ccc(CC)c(NC(=O)C(C)C2CNC2)c1.Cl. The number of carbonyl (C=O) groups is 1. The summed E-state index contributed by atoms with van der Waals surface area (Å²) in [5.74, 6) is 0.713. The largest absolute Gasteiger partial charge is 0.326 e. The molecular weight excluding hydrogens is 272 g/mol. The number of hydrogen-bond acceptors (Lipinski definition) is 2. The number of halogens is 1. The van der Waals surface area contributed by atoms with Crippen LogP contribution in [-0.2, 0) is 17.6 Å². The predicted molar refractivity (Wildman–Crippen MR) is 86.6 cm³/mol. The van der Waals surface area contributed by atoms with Gasteiger partial charge in [-0.05, 0) is 49.0 Å². The van der Waals surface area contributed by atoms with Gasteiger partial charge in [0.05, 0.1) is 0 Å². The number of amides is 1. The lowest BCUT2D eigenvalue weighted by Gasteiger charge is -2.31. The minimum Gasteiger partial charge on any atom is -0.326 e. The van der Waals surface area contributed by atoms with Crippen LogP contribution in [0.4, 0.5) is 5.69 Å². The monoisotopic (exact) mass is 296 g/mol. The lowest BCUT2D eigenvalue weighted by Crippen LogP contribution is -2.48. The van der Waals surface area contributed by atoms with E-state index >= 15 is 0 Å². The van der Waals surface area contributed by atoms with Crippen LogP contribution in [0.25, 0.3) is 0 Å². The van der Waals surface area contributed by atoms with Gasteiger partial charge in [0.15, 0.2) is 0 Å². The van der Waals surface area contributed by atoms with Crippen molar-refractivity contribution in [2.75, 3.05) is 18.4 Å². The van der Waals surface area contributed by atoms with Crippen LogP contribution in [0.1, 0.15) is 31.9 Å². The first-order valence-electron chi connectivity index (χ1n) is 7.29. The second-order valence-electron chi connectivity index (χ2n) is 5.39. The van der Waals surface area contributed by atoms with Crippen molar-refractivity contribution in [1.82, 2.24) is 5.32 Å². The Morgan fingerprint density at radius 1 is 1.35 bits per heavy atom. The van der Waals surface area contributed by atoms with Crippen LogP contribution in [0.15, 0.2) is 18.2 Å². The van der Waals surface area contributed by atoms with E-state index in [1.54, 1.807) is 0 Å². The minimum atomic E-state index is 0. The molecule has 1 saturated heterocycles. The van der Waals surface area contributed by atoms with Crippen LogP contribution in [0, 0.1) is 11.8 Å². The van der Waals surface area contributed by atoms with Gasteiger partial charge in [0.2, 0.25) is 5.91 Å². The average molecular weight is 297 g/mol. The van der Waals surface area contributed by atoms with Gasteiger partial charge in [-0.15, -0.1) is 12.4 Å². The lowest BCUT2D eigenvalue weighted by atomic mass is 9.88. The number of aryl methyl sites for hydroxylation is 2. The molecule has 1 aliphatic rings. The molecule has 0 radical (unpaired) electrons. The predicted octanol–water partition coefficient (Wildman–Crippen LogP) is 3.03. The van der Waals surface area contributed by atoms with E-state index in [9.17, 15) is 4.79 Å². The van der Waals surface area contributed by atoms with Crippen molar-refractivity contribution in [3.63, 3.8) is 0 Å². The van der Waals surface area contributed by atoms with Gasteiger partial charge in [-0.25, -0.2) is 0 Å². The molecule has 1 unspecified atom stereocenters. The molecule has 20 heavy (non-hydrogen) atoms. The van der Waals surface area contributed by atoms with E-state index < -0.39 is 0 Å². The molecule has 2 N–H and O–H groups in total. The highest BCUT2D eigenvalue weighted by Gasteiger charge is 2.28. The molecule has 1 atom stereocenters. The number of carbonyl (C=O) groups excluding carboxylic acids is 1. The fourth-order valence-electron chi connectivity index (χ4n) is 2.39. The van der Waals surface area contributed by atoms with Crippen molar-refractivity contribution in [3.8, 4) is 0 Å². The van der Waals surface area contributed by atoms with Crippen LogP contribution in [0.2, 0.25) is 0 Å². The Bertz CT molecular complexity index is 458. The highest BCUT2D eigenvalue weighted by atomic mass is 35.5. The van der Waals surface area contributed by atoms with Gasteiger partial charge in [-0.3, -0.25) is 4.79 Å². The van der Waals surface area contributed by atoms with Crippen LogP contribution >= 0.6 is 12.4 Å². The molecule has 1 aliphatic heterocycles. The van der Waals surface area contributed by atoms with E-state index in [2.05, 4.69) is 42.7 Å². The van der Waals surface area contributed by atoms with Gasteiger partial charge < -0.3 is 10.6 Å². The Kier molecular flexibility index (Phi) is 6.50. The van der Waals surface area contributed by atoms with Crippen LogP contribution < -0.4 is 10.6 Å². The molecule has 0 saturated carbocycles. The Labute approximate surface area is 127 Å². The van der Waals surface area contributed by atoms with Crippen LogP contribution in [0.5, 0.6) is 0 Å². The first kappa shape index (κ1) is 17.0. The third kappa shape index (κ3) is 3.74. The smallest absolute Gasteiger partial charge is 0.227 e. The van der Waals surface area contributed by atoms with Gasteiger partial charge in [0.25, 0.3) is 0 Å². The van der Waals surface area contributed by atoms with Crippen molar-refractivity contribution < 1.29 is 4.79 Å². The van der Waals surface area contributed by atoms with E-state index in [1.165, 1.54) is 11.1 Å². The molecule has 112 valence electrons. The maximum atomic E-state index is 12.3. The lowest BCUT2D eigenvalue weighted by molar-refractivity contribution is -0.121. The first-order valence-corrected chi connectivity index (χ1v) is 7.29. The van der Waals surface area contributed by atoms with Gasteiger partial charge in [0.1, 0.15) is 0 Å². The quantitative estimate of drug-likeness (QED) is 0.877. The molecule has 4 heteroatoms. The van der Waals surface area contributed by atoms with Crippen molar-refractivity contribution in [1.29, 1.82) is 0 Å². The van der Waals surface area contributed by atoms with E-state index in [0.29, 0.717) is 5.92 Å². The Balaban J connectivity index is 0.00000200. The molecule has 1 amide bonds. The molecule has 3 nitrogen and oxygen atoms in total.